The molecule has 2 aliphatic rings. The molecule has 1 fully saturated rings. The average molecular weight is 309 g/mol. The number of hydrogen-bond donors (Lipinski definition) is 0. The molecule has 4 nitrogen and oxygen atoms in total. The maximum Gasteiger partial charge on any atom is 0.159 e. The second kappa shape index (κ2) is 5.69. The number of nitrogens with zero attached hydrogens (tertiary/aromatic N) is 3. The van der Waals surface area contributed by atoms with E-state index in [1.807, 2.05) is 18.2 Å². The second-order valence-corrected chi connectivity index (χ2v) is 6.72. The van der Waals surface area contributed by atoms with Crippen molar-refractivity contribution in [2.75, 3.05) is 26.2 Å². The maximum atomic E-state index is 5.95. The van der Waals surface area contributed by atoms with E-state index in [0.29, 0.717) is 6.61 Å². The zero-order chi connectivity index (χ0) is 15.9. The van der Waals surface area contributed by atoms with Gasteiger partial charge in [-0.05, 0) is 26.4 Å². The van der Waals surface area contributed by atoms with Crippen LogP contribution in [0.4, 0.5) is 0 Å². The molecule has 1 aromatic carbocycles. The lowest BCUT2D eigenvalue weighted by Gasteiger charge is -2.35. The van der Waals surface area contributed by atoms with E-state index in [9.17, 15) is 0 Å². The summed E-state index contributed by atoms with van der Waals surface area (Å²) in [5.74, 6) is 0.845. The average Bonchev–Trinajstić information content (AvgIpc) is 3.00. The highest BCUT2D eigenvalue weighted by Crippen LogP contribution is 2.40. The zero-order valence-electron chi connectivity index (χ0n) is 13.9. The van der Waals surface area contributed by atoms with E-state index >= 15 is 0 Å². The van der Waals surface area contributed by atoms with Gasteiger partial charge in [-0.3, -0.25) is 0 Å². The molecule has 3 heterocycles. The Kier molecular flexibility index (Phi) is 3.66. The Balaban J connectivity index is 1.83. The summed E-state index contributed by atoms with van der Waals surface area (Å²) >= 11 is 0. The first-order chi connectivity index (χ1) is 11.2. The van der Waals surface area contributed by atoms with Crippen molar-refractivity contribution < 1.29 is 4.74 Å². The van der Waals surface area contributed by atoms with Crippen molar-refractivity contribution in [3.63, 3.8) is 0 Å². The molecular formula is C19H23N3O. The van der Waals surface area contributed by atoms with Crippen molar-refractivity contribution in [3.05, 3.63) is 47.3 Å². The Morgan fingerprint density at radius 3 is 2.78 bits per heavy atom. The number of hydrogen-bond acceptors (Lipinski definition) is 4. The van der Waals surface area contributed by atoms with Gasteiger partial charge < -0.3 is 9.64 Å². The van der Waals surface area contributed by atoms with Crippen LogP contribution in [0.3, 0.4) is 0 Å². The van der Waals surface area contributed by atoms with Crippen LogP contribution in [0.5, 0.6) is 0 Å². The van der Waals surface area contributed by atoms with Gasteiger partial charge >= 0.3 is 0 Å². The highest BCUT2D eigenvalue weighted by molar-refractivity contribution is 5.56. The number of aryl methyl sites for hydroxylation is 1. The summed E-state index contributed by atoms with van der Waals surface area (Å²) in [6.07, 6.45) is 1.12. The molecule has 120 valence electrons. The van der Waals surface area contributed by atoms with Crippen LogP contribution in [0.2, 0.25) is 0 Å². The fraction of sp³-hybridized carbons (Fsp3) is 0.474. The largest absolute Gasteiger partial charge is 0.376 e. The molecule has 0 amide bonds. The summed E-state index contributed by atoms with van der Waals surface area (Å²) in [4.78, 5) is 12.3. The van der Waals surface area contributed by atoms with E-state index < -0.39 is 0 Å². The van der Waals surface area contributed by atoms with Gasteiger partial charge in [0.1, 0.15) is 0 Å². The minimum atomic E-state index is 0.0425. The number of ether oxygens (including phenoxy) is 1. The highest BCUT2D eigenvalue weighted by atomic mass is 16.5. The van der Waals surface area contributed by atoms with E-state index in [1.54, 1.807) is 0 Å². The Hall–Kier alpha value is -1.78. The topological polar surface area (TPSA) is 38.2 Å². The van der Waals surface area contributed by atoms with Crippen LogP contribution < -0.4 is 0 Å². The highest BCUT2D eigenvalue weighted by Gasteiger charge is 2.45. The van der Waals surface area contributed by atoms with E-state index in [-0.39, 0.29) is 5.41 Å². The van der Waals surface area contributed by atoms with Crippen molar-refractivity contribution in [1.82, 2.24) is 14.9 Å². The third-order valence-corrected chi connectivity index (χ3v) is 5.25. The first-order valence-electron chi connectivity index (χ1n) is 8.45. The molecule has 1 saturated heterocycles. The van der Waals surface area contributed by atoms with Gasteiger partial charge in [-0.2, -0.15) is 0 Å². The van der Waals surface area contributed by atoms with Gasteiger partial charge in [-0.25, -0.2) is 9.97 Å². The minimum Gasteiger partial charge on any atom is -0.376 e. The lowest BCUT2D eigenvalue weighted by molar-refractivity contribution is 0.0504. The van der Waals surface area contributed by atoms with Crippen molar-refractivity contribution in [2.24, 2.45) is 0 Å². The molecule has 0 radical (unpaired) electrons. The van der Waals surface area contributed by atoms with Gasteiger partial charge in [0.25, 0.3) is 0 Å². The van der Waals surface area contributed by atoms with Crippen LogP contribution in [0.1, 0.15) is 30.3 Å². The smallest absolute Gasteiger partial charge is 0.159 e. The Morgan fingerprint density at radius 1 is 1.22 bits per heavy atom. The summed E-state index contributed by atoms with van der Waals surface area (Å²) < 4.78 is 5.95. The first-order valence-corrected chi connectivity index (χ1v) is 8.45. The van der Waals surface area contributed by atoms with E-state index in [2.05, 4.69) is 30.9 Å². The number of likely N-dealkylation sites (tertiary alicyclic amines) is 1. The number of benzene rings is 1. The second-order valence-electron chi connectivity index (χ2n) is 6.72. The fourth-order valence-electron chi connectivity index (χ4n) is 3.88. The van der Waals surface area contributed by atoms with Crippen LogP contribution >= 0.6 is 0 Å². The van der Waals surface area contributed by atoms with Gasteiger partial charge in [-0.1, -0.05) is 37.3 Å². The van der Waals surface area contributed by atoms with E-state index in [0.717, 1.165) is 49.7 Å². The van der Waals surface area contributed by atoms with Crippen molar-refractivity contribution in [3.8, 4) is 11.4 Å². The summed E-state index contributed by atoms with van der Waals surface area (Å²) in [6, 6.07) is 10.3. The molecule has 0 saturated carbocycles. The Labute approximate surface area is 137 Å². The van der Waals surface area contributed by atoms with Crippen molar-refractivity contribution in [1.29, 1.82) is 0 Å². The zero-order valence-corrected chi connectivity index (χ0v) is 13.9. The normalized spacial score (nSPS) is 24.1. The quantitative estimate of drug-likeness (QED) is 0.855. The molecule has 4 rings (SSSR count). The van der Waals surface area contributed by atoms with E-state index in [4.69, 9.17) is 14.7 Å². The van der Waals surface area contributed by atoms with Crippen LogP contribution in [0.25, 0.3) is 11.4 Å². The molecule has 1 aromatic heterocycles. The molecule has 0 bridgehead atoms. The molecule has 4 heteroatoms. The van der Waals surface area contributed by atoms with Crippen molar-refractivity contribution >= 4 is 0 Å². The molecule has 23 heavy (non-hydrogen) atoms. The molecule has 0 aliphatic carbocycles. The lowest BCUT2D eigenvalue weighted by Crippen LogP contribution is -2.41. The molecule has 2 aromatic rings. The standard InChI is InChI=1S/C19H23N3O/c1-3-22-10-9-19(12-22)13-23-11-16-14(2)20-18(21-17(16)19)15-7-5-4-6-8-15/h4-8H,3,9-13H2,1-2H3/t19-/m1/s1. The van der Waals surface area contributed by atoms with Gasteiger partial charge in [0, 0.05) is 23.4 Å². The Bertz CT molecular complexity index is 716. The van der Waals surface area contributed by atoms with Gasteiger partial charge in [-0.15, -0.1) is 0 Å². The fourth-order valence-corrected chi connectivity index (χ4v) is 3.88. The third-order valence-electron chi connectivity index (χ3n) is 5.25. The van der Waals surface area contributed by atoms with Crippen LogP contribution in [-0.2, 0) is 16.8 Å². The van der Waals surface area contributed by atoms with Gasteiger partial charge in [0.2, 0.25) is 0 Å². The third kappa shape index (κ3) is 2.46. The predicted molar refractivity (Wildman–Crippen MR) is 90.3 cm³/mol. The number of likely N-dealkylation sites (N-methyl/N-ethyl adjacent to an activating group) is 1. The predicted octanol–water partition coefficient (Wildman–Crippen LogP) is 2.95. The van der Waals surface area contributed by atoms with Gasteiger partial charge in [0.05, 0.1) is 24.3 Å². The lowest BCUT2D eigenvalue weighted by atomic mass is 9.80. The number of fused-ring (bicyclic) bond motifs is 2. The number of rotatable bonds is 2. The number of aromatic nitrogens is 2. The molecule has 2 aliphatic heterocycles. The summed E-state index contributed by atoms with van der Waals surface area (Å²) in [7, 11) is 0. The Morgan fingerprint density at radius 2 is 2.04 bits per heavy atom. The van der Waals surface area contributed by atoms with Crippen molar-refractivity contribution in [2.45, 2.75) is 32.3 Å². The first kappa shape index (κ1) is 14.8. The molecule has 0 unspecified atom stereocenters. The molecular weight excluding hydrogens is 286 g/mol. The maximum absolute atomic E-state index is 5.95. The monoisotopic (exact) mass is 309 g/mol. The summed E-state index contributed by atoms with van der Waals surface area (Å²) in [5.41, 5.74) is 4.62. The minimum absolute atomic E-state index is 0.0425. The van der Waals surface area contributed by atoms with E-state index in [1.165, 1.54) is 11.3 Å². The summed E-state index contributed by atoms with van der Waals surface area (Å²) in [5, 5.41) is 0. The van der Waals surface area contributed by atoms with Gasteiger partial charge in [0.15, 0.2) is 5.82 Å². The van der Waals surface area contributed by atoms with Crippen LogP contribution in [0.15, 0.2) is 30.3 Å². The molecule has 1 atom stereocenters. The van der Waals surface area contributed by atoms with Crippen LogP contribution in [0, 0.1) is 6.92 Å². The molecule has 1 spiro atoms. The summed E-state index contributed by atoms with van der Waals surface area (Å²) in [6.45, 7) is 8.99. The SMILES string of the molecule is CCN1CC[C@]2(COCc3c(C)nc(-c4ccccc4)nc32)C1. The molecule has 0 N–H and O–H groups in total. The van der Waals surface area contributed by atoms with Crippen LogP contribution in [-0.4, -0.2) is 41.1 Å².